The van der Waals surface area contributed by atoms with Crippen LogP contribution in [0.25, 0.3) is 0 Å². The first-order chi connectivity index (χ1) is 13.1. The third-order valence-corrected chi connectivity index (χ3v) is 4.49. The Balaban J connectivity index is 2.20. The summed E-state index contributed by atoms with van der Waals surface area (Å²) in [6.07, 6.45) is 2.04. The van der Waals surface area contributed by atoms with Gasteiger partial charge < -0.3 is 14.9 Å². The fourth-order valence-corrected chi connectivity index (χ4v) is 3.17. The highest BCUT2D eigenvalue weighted by atomic mass is 16.5. The molecule has 0 aromatic heterocycles. The zero-order chi connectivity index (χ0) is 20.8. The highest BCUT2D eigenvalue weighted by molar-refractivity contribution is 5.67. The van der Waals surface area contributed by atoms with E-state index in [1.54, 1.807) is 26.0 Å². The average Bonchev–Trinajstić information content (AvgIpc) is 2.61. The summed E-state index contributed by atoms with van der Waals surface area (Å²) < 4.78 is 5.32. The van der Waals surface area contributed by atoms with Crippen molar-refractivity contribution in [2.45, 2.75) is 44.8 Å². The molecule has 2 rings (SSSR count). The van der Waals surface area contributed by atoms with Crippen molar-refractivity contribution in [2.24, 2.45) is 0 Å². The topological polar surface area (TPSA) is 66.8 Å². The van der Waals surface area contributed by atoms with E-state index in [9.17, 15) is 15.0 Å². The Hall–Kier alpha value is -2.69. The maximum absolute atomic E-state index is 11.5. The zero-order valence-corrected chi connectivity index (χ0v) is 16.7. The normalized spacial score (nSPS) is 16.0. The Kier molecular flexibility index (Phi) is 6.95. The van der Waals surface area contributed by atoms with Crippen LogP contribution in [0.4, 0.5) is 0 Å². The lowest BCUT2D eigenvalue weighted by Crippen LogP contribution is -2.22. The quantitative estimate of drug-likeness (QED) is 0.399. The molecule has 0 aliphatic rings. The number of hydrogen-bond donors (Lipinski definition) is 2. The molecular formula is C24H28O4. The number of allylic oxidation sites excluding steroid dienone is 1. The molecule has 0 aliphatic heterocycles. The molecule has 0 fully saturated rings. The standard InChI is InChI=1S/C24H28O4/c1-18(16-23(3,26)20-11-7-5-8-12-20)15-22(28-19(2)25)17-24(4,27)21-13-9-6-10-14-21/h5-14,17,26-27H,1,15-16H2,2-4H3/b22-17-. The Labute approximate surface area is 166 Å². The monoisotopic (exact) mass is 380 g/mol. The molecule has 0 amide bonds. The van der Waals surface area contributed by atoms with Crippen LogP contribution in [0.3, 0.4) is 0 Å². The van der Waals surface area contributed by atoms with E-state index in [1.165, 1.54) is 13.0 Å². The number of carbonyl (C=O) groups is 1. The van der Waals surface area contributed by atoms with Crippen LogP contribution in [0.15, 0.2) is 84.7 Å². The molecule has 28 heavy (non-hydrogen) atoms. The first-order valence-corrected chi connectivity index (χ1v) is 9.23. The van der Waals surface area contributed by atoms with Gasteiger partial charge in [0.2, 0.25) is 0 Å². The Morgan fingerprint density at radius 1 is 1.00 bits per heavy atom. The summed E-state index contributed by atoms with van der Waals surface area (Å²) in [5.41, 5.74) is -0.257. The fourth-order valence-electron chi connectivity index (χ4n) is 3.17. The number of rotatable bonds is 8. The van der Waals surface area contributed by atoms with Crippen molar-refractivity contribution in [3.63, 3.8) is 0 Å². The molecule has 2 atom stereocenters. The summed E-state index contributed by atoms with van der Waals surface area (Å²) in [5.74, 6) is -0.173. The fraction of sp³-hybridized carbons (Fsp3) is 0.292. The molecule has 4 heteroatoms. The second-order valence-corrected chi connectivity index (χ2v) is 7.46. The minimum atomic E-state index is -1.31. The Morgan fingerprint density at radius 3 is 2.00 bits per heavy atom. The summed E-state index contributed by atoms with van der Waals surface area (Å²) in [6, 6.07) is 18.5. The van der Waals surface area contributed by atoms with Crippen LogP contribution < -0.4 is 0 Å². The van der Waals surface area contributed by atoms with Gasteiger partial charge in [0.25, 0.3) is 0 Å². The van der Waals surface area contributed by atoms with Crippen molar-refractivity contribution in [3.8, 4) is 0 Å². The molecule has 4 nitrogen and oxygen atoms in total. The number of benzene rings is 2. The number of carbonyl (C=O) groups excluding carboxylic acids is 1. The van der Waals surface area contributed by atoms with Crippen LogP contribution in [0.2, 0.25) is 0 Å². The molecule has 2 aromatic rings. The molecule has 0 heterocycles. The number of esters is 1. The molecule has 0 aliphatic carbocycles. The van der Waals surface area contributed by atoms with Crippen molar-refractivity contribution in [1.82, 2.24) is 0 Å². The minimum absolute atomic E-state index is 0.228. The zero-order valence-electron chi connectivity index (χ0n) is 16.7. The number of ether oxygens (including phenoxy) is 1. The SMILES string of the molecule is C=C(C/C(=C/C(C)(O)c1ccccc1)OC(C)=O)CC(C)(O)c1ccccc1. The predicted octanol–water partition coefficient (Wildman–Crippen LogP) is 4.59. The summed E-state index contributed by atoms with van der Waals surface area (Å²) >= 11 is 0. The minimum Gasteiger partial charge on any atom is -0.431 e. The van der Waals surface area contributed by atoms with Gasteiger partial charge in [-0.1, -0.05) is 72.8 Å². The van der Waals surface area contributed by atoms with Gasteiger partial charge in [0.05, 0.1) is 5.60 Å². The van der Waals surface area contributed by atoms with Crippen LogP contribution >= 0.6 is 0 Å². The van der Waals surface area contributed by atoms with Crippen molar-refractivity contribution < 1.29 is 19.7 Å². The van der Waals surface area contributed by atoms with E-state index in [0.717, 1.165) is 5.56 Å². The molecule has 2 N–H and O–H groups in total. The van der Waals surface area contributed by atoms with Gasteiger partial charge in [-0.15, -0.1) is 0 Å². The van der Waals surface area contributed by atoms with E-state index in [1.807, 2.05) is 48.5 Å². The van der Waals surface area contributed by atoms with Crippen LogP contribution in [-0.4, -0.2) is 16.2 Å². The summed E-state index contributed by atoms with van der Waals surface area (Å²) in [4.78, 5) is 11.5. The van der Waals surface area contributed by atoms with E-state index in [4.69, 9.17) is 4.74 Å². The first-order valence-electron chi connectivity index (χ1n) is 9.23. The lowest BCUT2D eigenvalue weighted by atomic mass is 9.87. The highest BCUT2D eigenvalue weighted by Gasteiger charge is 2.26. The van der Waals surface area contributed by atoms with E-state index < -0.39 is 17.2 Å². The van der Waals surface area contributed by atoms with Gasteiger partial charge in [0.15, 0.2) is 0 Å². The summed E-state index contributed by atoms with van der Waals surface area (Å²) in [5, 5.41) is 21.7. The van der Waals surface area contributed by atoms with Crippen molar-refractivity contribution in [2.75, 3.05) is 0 Å². The molecule has 2 unspecified atom stereocenters. The third-order valence-electron chi connectivity index (χ3n) is 4.49. The third kappa shape index (κ3) is 6.19. The molecule has 0 radical (unpaired) electrons. The summed E-state index contributed by atoms with van der Waals surface area (Å²) in [6.45, 7) is 8.71. The van der Waals surface area contributed by atoms with Crippen LogP contribution in [0.5, 0.6) is 0 Å². The van der Waals surface area contributed by atoms with Gasteiger partial charge >= 0.3 is 5.97 Å². The van der Waals surface area contributed by atoms with Gasteiger partial charge in [-0.2, -0.15) is 0 Å². The van der Waals surface area contributed by atoms with Gasteiger partial charge in [-0.3, -0.25) is 4.79 Å². The molecule has 0 saturated carbocycles. The predicted molar refractivity (Wildman–Crippen MR) is 110 cm³/mol. The van der Waals surface area contributed by atoms with E-state index >= 15 is 0 Å². The van der Waals surface area contributed by atoms with Gasteiger partial charge in [0.1, 0.15) is 11.4 Å². The maximum atomic E-state index is 11.5. The second-order valence-electron chi connectivity index (χ2n) is 7.46. The molecule has 0 spiro atoms. The van der Waals surface area contributed by atoms with Crippen molar-refractivity contribution >= 4 is 5.97 Å². The highest BCUT2D eigenvalue weighted by Crippen LogP contribution is 2.31. The molecule has 0 bridgehead atoms. The largest absolute Gasteiger partial charge is 0.431 e. The lowest BCUT2D eigenvalue weighted by molar-refractivity contribution is -0.137. The first kappa shape index (κ1) is 21.6. The van der Waals surface area contributed by atoms with Crippen molar-refractivity contribution in [1.29, 1.82) is 0 Å². The Morgan fingerprint density at radius 2 is 1.50 bits per heavy atom. The van der Waals surface area contributed by atoms with Gasteiger partial charge in [-0.05, 0) is 31.1 Å². The molecule has 148 valence electrons. The second kappa shape index (κ2) is 9.00. The van der Waals surface area contributed by atoms with Gasteiger partial charge in [0, 0.05) is 19.8 Å². The number of hydrogen-bond acceptors (Lipinski definition) is 4. The van der Waals surface area contributed by atoms with E-state index in [-0.39, 0.29) is 6.42 Å². The summed E-state index contributed by atoms with van der Waals surface area (Å²) in [7, 11) is 0. The smallest absolute Gasteiger partial charge is 0.307 e. The van der Waals surface area contributed by atoms with E-state index in [2.05, 4.69) is 6.58 Å². The lowest BCUT2D eigenvalue weighted by Gasteiger charge is -2.26. The molecule has 2 aromatic carbocycles. The molecule has 0 saturated heterocycles. The molecular weight excluding hydrogens is 352 g/mol. The Bertz CT molecular complexity index is 833. The van der Waals surface area contributed by atoms with Crippen molar-refractivity contribution in [3.05, 3.63) is 95.8 Å². The van der Waals surface area contributed by atoms with Crippen LogP contribution in [-0.2, 0) is 20.7 Å². The van der Waals surface area contributed by atoms with Gasteiger partial charge in [-0.25, -0.2) is 0 Å². The number of aliphatic hydroxyl groups is 2. The average molecular weight is 380 g/mol. The van der Waals surface area contributed by atoms with Crippen LogP contribution in [0.1, 0.15) is 44.7 Å². The van der Waals surface area contributed by atoms with Crippen LogP contribution in [0, 0.1) is 0 Å². The van der Waals surface area contributed by atoms with E-state index in [0.29, 0.717) is 23.3 Å². The maximum Gasteiger partial charge on any atom is 0.307 e.